The van der Waals surface area contributed by atoms with Crippen LogP contribution in [0, 0.1) is 6.92 Å². The van der Waals surface area contributed by atoms with E-state index in [1.54, 1.807) is 30.3 Å². The molecule has 4 amide bonds. The largest absolute Gasteiger partial charge is 0.487 e. The molecule has 34 heavy (non-hydrogen) atoms. The first-order chi connectivity index (χ1) is 16.4. The van der Waals surface area contributed by atoms with Gasteiger partial charge in [-0.15, -0.1) is 0 Å². The zero-order chi connectivity index (χ0) is 24.2. The van der Waals surface area contributed by atoms with Crippen LogP contribution in [-0.4, -0.2) is 17.8 Å². The number of imide groups is 2. The third-order valence-electron chi connectivity index (χ3n) is 5.46. The van der Waals surface area contributed by atoms with E-state index in [0.29, 0.717) is 35.1 Å². The van der Waals surface area contributed by atoms with Gasteiger partial charge in [-0.3, -0.25) is 14.9 Å². The summed E-state index contributed by atoms with van der Waals surface area (Å²) in [5.74, 6) is -0.958. The van der Waals surface area contributed by atoms with E-state index in [2.05, 4.69) is 5.32 Å². The minimum absolute atomic E-state index is 0.157. The highest BCUT2D eigenvalue weighted by Crippen LogP contribution is 2.29. The van der Waals surface area contributed by atoms with Crippen LogP contribution in [0.25, 0.3) is 6.08 Å². The first-order valence-corrected chi connectivity index (χ1v) is 11.2. The average molecular weight is 475 g/mol. The highest BCUT2D eigenvalue weighted by atomic mass is 35.5. The van der Waals surface area contributed by atoms with Crippen LogP contribution in [0.3, 0.4) is 0 Å². The number of urea groups is 1. The van der Waals surface area contributed by atoms with Crippen LogP contribution in [0.15, 0.2) is 72.3 Å². The number of rotatable bonds is 6. The summed E-state index contributed by atoms with van der Waals surface area (Å²) < 4.78 is 5.83. The Labute approximate surface area is 202 Å². The summed E-state index contributed by atoms with van der Waals surface area (Å²) in [4.78, 5) is 39.2. The Morgan fingerprint density at radius 2 is 1.79 bits per heavy atom. The number of carbonyl (C=O) groups excluding carboxylic acids is 3. The quantitative estimate of drug-likeness (QED) is 0.380. The Morgan fingerprint density at radius 1 is 1.00 bits per heavy atom. The van der Waals surface area contributed by atoms with Crippen LogP contribution < -0.4 is 15.0 Å². The van der Waals surface area contributed by atoms with Crippen LogP contribution in [0.2, 0.25) is 5.02 Å². The molecule has 4 rings (SSSR count). The minimum atomic E-state index is -0.772. The number of benzene rings is 3. The van der Waals surface area contributed by atoms with Gasteiger partial charge in [-0.2, -0.15) is 0 Å². The molecule has 6 nitrogen and oxygen atoms in total. The van der Waals surface area contributed by atoms with Crippen LogP contribution in [0.1, 0.15) is 29.2 Å². The van der Waals surface area contributed by atoms with Crippen molar-refractivity contribution in [1.82, 2.24) is 5.32 Å². The number of nitrogens with one attached hydrogen (secondary N) is 1. The highest BCUT2D eigenvalue weighted by Gasteiger charge is 2.37. The number of halogens is 1. The normalized spacial score (nSPS) is 15.0. The molecule has 0 unspecified atom stereocenters. The molecule has 0 radical (unpaired) electrons. The van der Waals surface area contributed by atoms with E-state index >= 15 is 0 Å². The molecule has 0 bridgehead atoms. The molecule has 172 valence electrons. The number of aryl methyl sites for hydroxylation is 2. The van der Waals surface area contributed by atoms with Crippen molar-refractivity contribution in [1.29, 1.82) is 0 Å². The van der Waals surface area contributed by atoms with Crippen LogP contribution in [0.4, 0.5) is 10.5 Å². The van der Waals surface area contributed by atoms with Crippen molar-refractivity contribution in [3.8, 4) is 5.75 Å². The lowest BCUT2D eigenvalue weighted by molar-refractivity contribution is -0.122. The number of anilines is 1. The molecular formula is C27H23ClN2O4. The smallest absolute Gasteiger partial charge is 0.335 e. The lowest BCUT2D eigenvalue weighted by Gasteiger charge is -2.28. The molecule has 7 heteroatoms. The summed E-state index contributed by atoms with van der Waals surface area (Å²) in [6.45, 7) is 4.30. The number of amides is 4. The summed E-state index contributed by atoms with van der Waals surface area (Å²) in [6.07, 6.45) is 2.04. The number of barbiturate groups is 1. The Morgan fingerprint density at radius 3 is 2.53 bits per heavy atom. The van der Waals surface area contributed by atoms with Gasteiger partial charge < -0.3 is 4.74 Å². The molecule has 1 aliphatic rings. The average Bonchev–Trinajstić information content (AvgIpc) is 2.81. The van der Waals surface area contributed by atoms with Crippen molar-refractivity contribution in [2.24, 2.45) is 0 Å². The topological polar surface area (TPSA) is 75.7 Å². The van der Waals surface area contributed by atoms with E-state index in [9.17, 15) is 14.4 Å². The Kier molecular flexibility index (Phi) is 6.80. The van der Waals surface area contributed by atoms with E-state index in [0.717, 1.165) is 21.6 Å². The minimum Gasteiger partial charge on any atom is -0.487 e. The van der Waals surface area contributed by atoms with E-state index in [-0.39, 0.29) is 5.57 Å². The zero-order valence-electron chi connectivity index (χ0n) is 18.8. The molecule has 1 aliphatic heterocycles. The van der Waals surface area contributed by atoms with Gasteiger partial charge in [0.15, 0.2) is 0 Å². The fourth-order valence-electron chi connectivity index (χ4n) is 3.76. The highest BCUT2D eigenvalue weighted by molar-refractivity contribution is 6.39. The molecule has 3 aromatic rings. The maximum atomic E-state index is 13.2. The summed E-state index contributed by atoms with van der Waals surface area (Å²) in [5.41, 5.74) is 3.80. The third-order valence-corrected chi connectivity index (χ3v) is 5.75. The van der Waals surface area contributed by atoms with Gasteiger partial charge in [-0.05, 0) is 54.3 Å². The fourth-order valence-corrected chi connectivity index (χ4v) is 4.00. The first kappa shape index (κ1) is 23.3. The van der Waals surface area contributed by atoms with Gasteiger partial charge in [0.25, 0.3) is 11.8 Å². The van der Waals surface area contributed by atoms with Crippen molar-refractivity contribution in [3.05, 3.63) is 99.6 Å². The second kappa shape index (κ2) is 9.93. The summed E-state index contributed by atoms with van der Waals surface area (Å²) in [6, 6.07) is 19.3. The Bertz CT molecular complexity index is 1320. The molecule has 1 fully saturated rings. The zero-order valence-corrected chi connectivity index (χ0v) is 19.6. The van der Waals surface area contributed by atoms with E-state index in [4.69, 9.17) is 16.3 Å². The molecule has 0 spiro atoms. The summed E-state index contributed by atoms with van der Waals surface area (Å²) in [7, 11) is 0. The fraction of sp³-hybridized carbons (Fsp3) is 0.148. The maximum Gasteiger partial charge on any atom is 0.335 e. The number of hydrogen-bond acceptors (Lipinski definition) is 4. The van der Waals surface area contributed by atoms with Gasteiger partial charge >= 0.3 is 6.03 Å². The Hall–Kier alpha value is -3.90. The van der Waals surface area contributed by atoms with Crippen molar-refractivity contribution in [2.45, 2.75) is 26.9 Å². The molecule has 0 aromatic heterocycles. The second-order valence-corrected chi connectivity index (χ2v) is 8.31. The van der Waals surface area contributed by atoms with Gasteiger partial charge in [-0.25, -0.2) is 9.69 Å². The molecule has 1 saturated heterocycles. The number of nitrogens with zero attached hydrogens (tertiary/aromatic N) is 1. The van der Waals surface area contributed by atoms with Crippen molar-refractivity contribution >= 4 is 41.2 Å². The lowest BCUT2D eigenvalue weighted by Crippen LogP contribution is -2.54. The van der Waals surface area contributed by atoms with Crippen LogP contribution >= 0.6 is 11.6 Å². The van der Waals surface area contributed by atoms with Crippen molar-refractivity contribution < 1.29 is 19.1 Å². The molecule has 1 N–H and O–H groups in total. The SMILES string of the molecule is CCc1ccccc1N1C(=O)NC(=O)/C(=C/c2ccc(OCc3cccc(C)c3)c(Cl)c2)C1=O. The Balaban J connectivity index is 1.58. The predicted octanol–water partition coefficient (Wildman–Crippen LogP) is 5.46. The second-order valence-electron chi connectivity index (χ2n) is 7.91. The molecule has 0 aliphatic carbocycles. The number of carbonyl (C=O) groups is 3. The van der Waals surface area contributed by atoms with Gasteiger partial charge in [0.05, 0.1) is 10.7 Å². The third kappa shape index (κ3) is 4.87. The van der Waals surface area contributed by atoms with Gasteiger partial charge in [0.1, 0.15) is 17.9 Å². The van der Waals surface area contributed by atoms with Crippen molar-refractivity contribution in [3.63, 3.8) is 0 Å². The van der Waals surface area contributed by atoms with Crippen LogP contribution in [0.5, 0.6) is 5.75 Å². The number of ether oxygens (including phenoxy) is 1. The summed E-state index contributed by atoms with van der Waals surface area (Å²) >= 11 is 6.40. The predicted molar refractivity (Wildman–Crippen MR) is 132 cm³/mol. The van der Waals surface area contributed by atoms with E-state index < -0.39 is 17.8 Å². The summed E-state index contributed by atoms with van der Waals surface area (Å²) in [5, 5.41) is 2.59. The number of para-hydroxylation sites is 1. The van der Waals surface area contributed by atoms with Crippen LogP contribution in [-0.2, 0) is 22.6 Å². The molecule has 3 aromatic carbocycles. The number of hydrogen-bond donors (Lipinski definition) is 1. The molecular weight excluding hydrogens is 452 g/mol. The molecule has 1 heterocycles. The van der Waals surface area contributed by atoms with E-state index in [1.165, 1.54) is 6.08 Å². The van der Waals surface area contributed by atoms with E-state index in [1.807, 2.05) is 50.2 Å². The standard InChI is InChI=1S/C27H23ClN2O4/c1-3-20-9-4-5-10-23(20)30-26(32)21(25(31)29-27(30)33)14-18-11-12-24(22(28)15-18)34-16-19-8-6-7-17(2)13-19/h4-15H,3,16H2,1-2H3,(H,29,31,33)/b21-14-. The first-order valence-electron chi connectivity index (χ1n) is 10.8. The lowest BCUT2D eigenvalue weighted by atomic mass is 10.0. The van der Waals surface area contributed by atoms with Gasteiger partial charge in [0.2, 0.25) is 0 Å². The van der Waals surface area contributed by atoms with Crippen molar-refractivity contribution in [2.75, 3.05) is 4.90 Å². The molecule has 0 atom stereocenters. The van der Waals surface area contributed by atoms with Gasteiger partial charge in [-0.1, -0.05) is 72.6 Å². The monoisotopic (exact) mass is 474 g/mol. The molecule has 0 saturated carbocycles. The maximum absolute atomic E-state index is 13.2. The van der Waals surface area contributed by atoms with Gasteiger partial charge in [0, 0.05) is 0 Å².